The van der Waals surface area contributed by atoms with Crippen LogP contribution >= 0.6 is 11.8 Å². The molecule has 0 aliphatic rings. The third-order valence-electron chi connectivity index (χ3n) is 4.26. The number of fused-ring (bicyclic) bond motifs is 1. The van der Waals surface area contributed by atoms with Gasteiger partial charge in [0, 0.05) is 27.6 Å². The summed E-state index contributed by atoms with van der Waals surface area (Å²) in [5.74, 6) is -5.92. The molecular weight excluding hydrogens is 395 g/mol. The fourth-order valence-corrected chi connectivity index (χ4v) is 3.53. The summed E-state index contributed by atoms with van der Waals surface area (Å²) < 4.78 is 39.9. The number of nitrogens with zero attached hydrogens (tertiary/aromatic N) is 1. The molecule has 2 N–H and O–H groups in total. The molecule has 9 heteroatoms. The molecule has 0 amide bonds. The normalized spacial score (nSPS) is 11.3. The number of aromatic nitrogens is 1. The predicted octanol–water partition coefficient (Wildman–Crippen LogP) is 4.42. The molecule has 0 saturated heterocycles. The van der Waals surface area contributed by atoms with E-state index in [4.69, 9.17) is 5.11 Å². The first-order valence-corrected chi connectivity index (χ1v) is 8.90. The number of hydrogen-bond donors (Lipinski definition) is 2. The molecule has 0 aliphatic heterocycles. The van der Waals surface area contributed by atoms with E-state index in [9.17, 15) is 27.9 Å². The number of carboxylic acids is 1. The molecule has 0 radical (unpaired) electrons. The second-order valence-corrected chi connectivity index (χ2v) is 7.06. The largest absolute Gasteiger partial charge is 0.505 e. The second-order valence-electron chi connectivity index (χ2n) is 6.00. The lowest BCUT2D eigenvalue weighted by Crippen LogP contribution is -2.14. The first-order chi connectivity index (χ1) is 13.2. The molecule has 28 heavy (non-hydrogen) atoms. The molecule has 0 fully saturated rings. The zero-order valence-electron chi connectivity index (χ0n) is 14.4. The summed E-state index contributed by atoms with van der Waals surface area (Å²) >= 11 is 0.341. The predicted molar refractivity (Wildman–Crippen MR) is 97.7 cm³/mol. The molecule has 0 unspecified atom stereocenters. The lowest BCUT2D eigenvalue weighted by Gasteiger charge is -2.08. The molecule has 0 atom stereocenters. The minimum atomic E-state index is -2.59. The van der Waals surface area contributed by atoms with Crippen LogP contribution in [0, 0.1) is 12.7 Å². The highest BCUT2D eigenvalue weighted by Gasteiger charge is 2.23. The van der Waals surface area contributed by atoms with Crippen LogP contribution in [0.15, 0.2) is 41.3 Å². The number of phenolic OH excluding ortho intramolecular Hbond substituents is 1. The minimum Gasteiger partial charge on any atom is -0.505 e. The van der Waals surface area contributed by atoms with Gasteiger partial charge in [-0.3, -0.25) is 14.2 Å². The van der Waals surface area contributed by atoms with Crippen molar-refractivity contribution in [2.75, 3.05) is 0 Å². The third kappa shape index (κ3) is 3.70. The van der Waals surface area contributed by atoms with Crippen molar-refractivity contribution in [2.24, 2.45) is 0 Å². The number of alkyl halides is 2. The van der Waals surface area contributed by atoms with E-state index in [-0.39, 0.29) is 26.9 Å². The van der Waals surface area contributed by atoms with Gasteiger partial charge in [-0.05, 0) is 42.8 Å². The summed E-state index contributed by atoms with van der Waals surface area (Å²) in [6.07, 6.45) is -0.419. The molecule has 0 spiro atoms. The number of thioether (sulfide) groups is 1. The van der Waals surface area contributed by atoms with Crippen molar-refractivity contribution >= 4 is 34.5 Å². The summed E-state index contributed by atoms with van der Waals surface area (Å²) in [6, 6.07) is 7.52. The van der Waals surface area contributed by atoms with Crippen LogP contribution in [0.3, 0.4) is 0 Å². The van der Waals surface area contributed by atoms with Crippen LogP contribution in [0.5, 0.6) is 5.75 Å². The van der Waals surface area contributed by atoms with E-state index in [1.807, 2.05) is 0 Å². The first-order valence-electron chi connectivity index (χ1n) is 8.02. The van der Waals surface area contributed by atoms with Crippen molar-refractivity contribution in [3.05, 3.63) is 59.0 Å². The van der Waals surface area contributed by atoms with Gasteiger partial charge in [0.1, 0.15) is 0 Å². The standard InChI is InChI=1S/C19H14F3NO4S/c1-9-12(7-17(25)26)13-6-16(24)14(20)8-15(13)23(9)18(27)10-2-4-11(5-3-10)28-19(21)22/h2-6,8,19,24H,7H2,1H3,(H,25,26). The third-order valence-corrected chi connectivity index (χ3v) is 4.98. The molecular formula is C19H14F3NO4S. The highest BCUT2D eigenvalue weighted by Crippen LogP contribution is 2.32. The van der Waals surface area contributed by atoms with Gasteiger partial charge in [0.25, 0.3) is 11.7 Å². The zero-order valence-corrected chi connectivity index (χ0v) is 15.3. The van der Waals surface area contributed by atoms with E-state index in [0.717, 1.165) is 16.7 Å². The van der Waals surface area contributed by atoms with Gasteiger partial charge in [-0.25, -0.2) is 4.39 Å². The molecule has 0 bridgehead atoms. The Morgan fingerprint density at radius 2 is 1.82 bits per heavy atom. The maximum absolute atomic E-state index is 13.9. The lowest BCUT2D eigenvalue weighted by molar-refractivity contribution is -0.136. The van der Waals surface area contributed by atoms with E-state index in [0.29, 0.717) is 17.5 Å². The first kappa shape index (κ1) is 19.8. The van der Waals surface area contributed by atoms with Gasteiger partial charge in [-0.2, -0.15) is 8.78 Å². The van der Waals surface area contributed by atoms with E-state index >= 15 is 0 Å². The SMILES string of the molecule is Cc1c(CC(=O)O)c2cc(O)c(F)cc2n1C(=O)c1ccc(SC(F)F)cc1. The van der Waals surface area contributed by atoms with E-state index in [2.05, 4.69) is 0 Å². The molecule has 146 valence electrons. The van der Waals surface area contributed by atoms with Gasteiger partial charge in [-0.1, -0.05) is 11.8 Å². The fourth-order valence-electron chi connectivity index (χ4n) is 3.03. The quantitative estimate of drug-likeness (QED) is 0.610. The monoisotopic (exact) mass is 409 g/mol. The Labute approximate surface area is 161 Å². The number of hydrogen-bond acceptors (Lipinski definition) is 4. The Morgan fingerprint density at radius 3 is 2.39 bits per heavy atom. The summed E-state index contributed by atoms with van der Waals surface area (Å²) in [4.78, 5) is 24.5. The highest BCUT2D eigenvalue weighted by atomic mass is 32.2. The summed E-state index contributed by atoms with van der Waals surface area (Å²) in [6.45, 7) is 1.52. The van der Waals surface area contributed by atoms with E-state index in [1.165, 1.54) is 31.2 Å². The molecule has 0 saturated carbocycles. The summed E-state index contributed by atoms with van der Waals surface area (Å²) in [5, 5.41) is 19.0. The number of rotatable bonds is 5. The van der Waals surface area contributed by atoms with Crippen molar-refractivity contribution in [1.29, 1.82) is 0 Å². The van der Waals surface area contributed by atoms with Crippen LogP contribution < -0.4 is 0 Å². The van der Waals surface area contributed by atoms with Gasteiger partial charge in [0.2, 0.25) is 0 Å². The van der Waals surface area contributed by atoms with Crippen molar-refractivity contribution in [2.45, 2.75) is 24.0 Å². The number of carboxylic acid groups (broad SMARTS) is 1. The number of aromatic hydroxyl groups is 1. The van der Waals surface area contributed by atoms with Gasteiger partial charge in [-0.15, -0.1) is 0 Å². The number of carbonyl (C=O) groups is 2. The van der Waals surface area contributed by atoms with Crippen molar-refractivity contribution in [1.82, 2.24) is 4.57 Å². The number of phenols is 1. The minimum absolute atomic E-state index is 0.111. The molecule has 3 rings (SSSR count). The lowest BCUT2D eigenvalue weighted by atomic mass is 10.1. The fraction of sp³-hybridized carbons (Fsp3) is 0.158. The Hall–Kier alpha value is -2.94. The van der Waals surface area contributed by atoms with Gasteiger partial charge in [0.05, 0.1) is 11.9 Å². The molecule has 1 heterocycles. The van der Waals surface area contributed by atoms with Crippen LogP contribution in [-0.2, 0) is 11.2 Å². The number of halogens is 3. The number of aliphatic carboxylic acids is 1. The van der Waals surface area contributed by atoms with Crippen molar-refractivity contribution in [3.63, 3.8) is 0 Å². The molecule has 1 aromatic heterocycles. The highest BCUT2D eigenvalue weighted by molar-refractivity contribution is 7.99. The smallest absolute Gasteiger partial charge is 0.307 e. The average molecular weight is 409 g/mol. The summed E-state index contributed by atoms with van der Waals surface area (Å²) in [5.41, 5.74) is 0.837. The Morgan fingerprint density at radius 1 is 1.18 bits per heavy atom. The maximum Gasteiger partial charge on any atom is 0.307 e. The number of carbonyl (C=O) groups excluding carboxylic acids is 1. The van der Waals surface area contributed by atoms with Crippen LogP contribution in [0.2, 0.25) is 0 Å². The van der Waals surface area contributed by atoms with E-state index in [1.54, 1.807) is 0 Å². The molecule has 2 aromatic carbocycles. The Kier molecular flexibility index (Phi) is 5.37. The van der Waals surface area contributed by atoms with Crippen LogP contribution in [-0.4, -0.2) is 32.4 Å². The zero-order chi connectivity index (χ0) is 20.6. The topological polar surface area (TPSA) is 79.5 Å². The van der Waals surface area contributed by atoms with Gasteiger partial charge < -0.3 is 10.2 Å². The van der Waals surface area contributed by atoms with Crippen LogP contribution in [0.4, 0.5) is 13.2 Å². The summed E-state index contributed by atoms with van der Waals surface area (Å²) in [7, 11) is 0. The molecule has 0 aliphatic carbocycles. The van der Waals surface area contributed by atoms with Gasteiger partial charge in [0.15, 0.2) is 11.6 Å². The van der Waals surface area contributed by atoms with Crippen LogP contribution in [0.1, 0.15) is 21.6 Å². The van der Waals surface area contributed by atoms with Crippen LogP contribution in [0.25, 0.3) is 10.9 Å². The molecule has 5 nitrogen and oxygen atoms in total. The van der Waals surface area contributed by atoms with Crippen molar-refractivity contribution < 1.29 is 33.0 Å². The van der Waals surface area contributed by atoms with Gasteiger partial charge >= 0.3 is 5.97 Å². The van der Waals surface area contributed by atoms with Crippen molar-refractivity contribution in [3.8, 4) is 5.75 Å². The number of benzene rings is 2. The Balaban J connectivity index is 2.13. The van der Waals surface area contributed by atoms with E-state index < -0.39 is 35.6 Å². The Bertz CT molecular complexity index is 1080. The second kappa shape index (κ2) is 7.59. The molecule has 3 aromatic rings. The maximum atomic E-state index is 13.9. The average Bonchev–Trinajstić information content (AvgIpc) is 2.86.